The lowest BCUT2D eigenvalue weighted by atomic mass is 9.86. The van der Waals surface area contributed by atoms with Crippen LogP contribution in [-0.2, 0) is 14.3 Å². The topological polar surface area (TPSA) is 55.4 Å². The number of ether oxygens (including phenoxy) is 1. The van der Waals surface area contributed by atoms with Gasteiger partial charge in [0, 0.05) is 11.8 Å². The van der Waals surface area contributed by atoms with E-state index in [2.05, 4.69) is 26.1 Å². The van der Waals surface area contributed by atoms with Gasteiger partial charge in [0.05, 0.1) is 0 Å². The van der Waals surface area contributed by atoms with Crippen LogP contribution in [0.4, 0.5) is 0 Å². The summed E-state index contributed by atoms with van der Waals surface area (Å²) in [5.41, 5.74) is -0.317. The minimum atomic E-state index is -0.424. The van der Waals surface area contributed by atoms with E-state index in [-0.39, 0.29) is 22.9 Å². The van der Waals surface area contributed by atoms with Crippen LogP contribution in [0.25, 0.3) is 0 Å². The fourth-order valence-electron chi connectivity index (χ4n) is 2.17. The molecule has 16 heavy (non-hydrogen) atoms. The Kier molecular flexibility index (Phi) is 2.48. The van der Waals surface area contributed by atoms with E-state index in [1.165, 1.54) is 0 Å². The third-order valence-electron chi connectivity index (χ3n) is 3.65. The number of rotatable bonds is 2. The molecular formula is C12H19NO3. The molecule has 2 fully saturated rings. The van der Waals surface area contributed by atoms with Gasteiger partial charge < -0.3 is 10.1 Å². The number of carbonyl (C=O) groups excluding carboxylic acids is 2. The van der Waals surface area contributed by atoms with Crippen LogP contribution in [0.2, 0.25) is 0 Å². The molecule has 4 nitrogen and oxygen atoms in total. The molecule has 2 rings (SSSR count). The molecule has 1 saturated heterocycles. The average molecular weight is 225 g/mol. The van der Waals surface area contributed by atoms with Crippen molar-refractivity contribution in [2.45, 2.75) is 58.1 Å². The largest absolute Gasteiger partial charge is 0.457 e. The summed E-state index contributed by atoms with van der Waals surface area (Å²) in [5.74, 6) is -0.319. The van der Waals surface area contributed by atoms with Crippen LogP contribution >= 0.6 is 0 Å². The first-order valence-corrected chi connectivity index (χ1v) is 5.86. The molecule has 1 amide bonds. The van der Waals surface area contributed by atoms with E-state index < -0.39 is 6.04 Å². The maximum atomic E-state index is 11.9. The molecule has 90 valence electrons. The molecule has 1 N–H and O–H groups in total. The Labute approximate surface area is 95.7 Å². The molecule has 0 aromatic carbocycles. The number of hydrogen-bond donors (Lipinski definition) is 1. The van der Waals surface area contributed by atoms with E-state index in [9.17, 15) is 9.59 Å². The summed E-state index contributed by atoms with van der Waals surface area (Å²) in [5, 5.41) is 2.64. The lowest BCUT2D eigenvalue weighted by Gasteiger charge is -2.31. The predicted octanol–water partition coefficient (Wildman–Crippen LogP) is 1.39. The van der Waals surface area contributed by atoms with Gasteiger partial charge in [-0.3, -0.25) is 4.79 Å². The van der Waals surface area contributed by atoms with Crippen LogP contribution in [0.1, 0.15) is 46.5 Å². The molecule has 0 aromatic rings. The van der Waals surface area contributed by atoms with Crippen LogP contribution in [-0.4, -0.2) is 23.5 Å². The van der Waals surface area contributed by atoms with Crippen molar-refractivity contribution in [1.82, 2.24) is 5.32 Å². The summed E-state index contributed by atoms with van der Waals surface area (Å²) in [6.45, 7) is 6.25. The maximum Gasteiger partial charge on any atom is 0.329 e. The SMILES string of the molecule is CC(C)(C)C1(OC(=O)[C@@H]2CCC(=O)N2)CC1. The van der Waals surface area contributed by atoms with Gasteiger partial charge in [-0.15, -0.1) is 0 Å². The van der Waals surface area contributed by atoms with Crippen molar-refractivity contribution in [2.24, 2.45) is 5.41 Å². The molecule has 1 heterocycles. The number of amides is 1. The van der Waals surface area contributed by atoms with Crippen LogP contribution in [0, 0.1) is 5.41 Å². The van der Waals surface area contributed by atoms with Gasteiger partial charge in [-0.05, 0) is 19.3 Å². The molecule has 1 saturated carbocycles. The summed E-state index contributed by atoms with van der Waals surface area (Å²) in [6, 6.07) is -0.424. The van der Waals surface area contributed by atoms with Crippen molar-refractivity contribution in [3.05, 3.63) is 0 Å². The Morgan fingerprint density at radius 2 is 2.06 bits per heavy atom. The van der Waals surface area contributed by atoms with Crippen LogP contribution in [0.15, 0.2) is 0 Å². The molecular weight excluding hydrogens is 206 g/mol. The fraction of sp³-hybridized carbons (Fsp3) is 0.833. The van der Waals surface area contributed by atoms with Crippen molar-refractivity contribution in [2.75, 3.05) is 0 Å². The third-order valence-corrected chi connectivity index (χ3v) is 3.65. The third kappa shape index (κ3) is 1.93. The highest BCUT2D eigenvalue weighted by Gasteiger charge is 2.56. The number of esters is 1. The van der Waals surface area contributed by atoms with Gasteiger partial charge in [-0.1, -0.05) is 20.8 Å². The predicted molar refractivity (Wildman–Crippen MR) is 58.7 cm³/mol. The summed E-state index contributed by atoms with van der Waals surface area (Å²) < 4.78 is 5.59. The van der Waals surface area contributed by atoms with Gasteiger partial charge in [0.2, 0.25) is 5.91 Å². The number of nitrogens with one attached hydrogen (secondary N) is 1. The van der Waals surface area contributed by atoms with Crippen molar-refractivity contribution >= 4 is 11.9 Å². The van der Waals surface area contributed by atoms with E-state index in [1.54, 1.807) is 0 Å². The maximum absolute atomic E-state index is 11.9. The number of hydrogen-bond acceptors (Lipinski definition) is 3. The lowest BCUT2D eigenvalue weighted by molar-refractivity contribution is -0.160. The van der Waals surface area contributed by atoms with E-state index in [4.69, 9.17) is 4.74 Å². The highest BCUT2D eigenvalue weighted by atomic mass is 16.6. The second kappa shape index (κ2) is 3.47. The highest BCUT2D eigenvalue weighted by Crippen LogP contribution is 2.53. The van der Waals surface area contributed by atoms with Crippen LogP contribution in [0.3, 0.4) is 0 Å². The first kappa shape index (κ1) is 11.4. The summed E-state index contributed by atoms with van der Waals surface area (Å²) in [7, 11) is 0. The first-order valence-electron chi connectivity index (χ1n) is 5.86. The number of carbonyl (C=O) groups is 2. The molecule has 1 aliphatic carbocycles. The molecule has 0 spiro atoms. The molecule has 0 aromatic heterocycles. The van der Waals surface area contributed by atoms with Gasteiger partial charge in [-0.25, -0.2) is 4.79 Å². The van der Waals surface area contributed by atoms with Crippen molar-refractivity contribution in [3.63, 3.8) is 0 Å². The molecule has 1 atom stereocenters. The molecule has 1 aliphatic heterocycles. The molecule has 0 radical (unpaired) electrons. The average Bonchev–Trinajstić information content (AvgIpc) is 2.81. The minimum absolute atomic E-state index is 0.0225. The van der Waals surface area contributed by atoms with Crippen molar-refractivity contribution < 1.29 is 14.3 Å². The molecule has 0 bridgehead atoms. The van der Waals surface area contributed by atoms with Gasteiger partial charge in [0.1, 0.15) is 11.6 Å². The smallest absolute Gasteiger partial charge is 0.329 e. The molecule has 0 unspecified atom stereocenters. The zero-order valence-electron chi connectivity index (χ0n) is 10.1. The van der Waals surface area contributed by atoms with E-state index >= 15 is 0 Å². The van der Waals surface area contributed by atoms with E-state index in [0.717, 1.165) is 12.8 Å². The van der Waals surface area contributed by atoms with Crippen molar-refractivity contribution in [1.29, 1.82) is 0 Å². The lowest BCUT2D eigenvalue weighted by Crippen LogP contribution is -2.41. The Morgan fingerprint density at radius 3 is 2.44 bits per heavy atom. The van der Waals surface area contributed by atoms with Gasteiger partial charge in [0.25, 0.3) is 0 Å². The van der Waals surface area contributed by atoms with Gasteiger partial charge in [-0.2, -0.15) is 0 Å². The Bertz CT molecular complexity index is 326. The quantitative estimate of drug-likeness (QED) is 0.722. The van der Waals surface area contributed by atoms with Crippen LogP contribution in [0.5, 0.6) is 0 Å². The Balaban J connectivity index is 1.96. The zero-order valence-corrected chi connectivity index (χ0v) is 10.1. The second-order valence-corrected chi connectivity index (χ2v) is 5.82. The second-order valence-electron chi connectivity index (χ2n) is 5.82. The molecule has 4 heteroatoms. The van der Waals surface area contributed by atoms with Crippen molar-refractivity contribution in [3.8, 4) is 0 Å². The summed E-state index contributed by atoms with van der Waals surface area (Å²) in [6.07, 6.45) is 2.87. The fourth-order valence-corrected chi connectivity index (χ4v) is 2.17. The summed E-state index contributed by atoms with van der Waals surface area (Å²) in [4.78, 5) is 22.9. The summed E-state index contributed by atoms with van der Waals surface area (Å²) >= 11 is 0. The van der Waals surface area contributed by atoms with Gasteiger partial charge >= 0.3 is 5.97 Å². The Hall–Kier alpha value is -1.06. The van der Waals surface area contributed by atoms with Crippen LogP contribution < -0.4 is 5.32 Å². The van der Waals surface area contributed by atoms with E-state index in [0.29, 0.717) is 12.8 Å². The van der Waals surface area contributed by atoms with Gasteiger partial charge in [0.15, 0.2) is 0 Å². The highest BCUT2D eigenvalue weighted by molar-refractivity contribution is 5.88. The minimum Gasteiger partial charge on any atom is -0.457 e. The standard InChI is InChI=1S/C12H19NO3/c1-11(2,3)12(6-7-12)16-10(15)8-4-5-9(14)13-8/h8H,4-7H2,1-3H3,(H,13,14)/t8-/m0/s1. The normalized spacial score (nSPS) is 27.4. The van der Waals surface area contributed by atoms with E-state index in [1.807, 2.05) is 0 Å². The first-order chi connectivity index (χ1) is 7.34. The Morgan fingerprint density at radius 1 is 1.44 bits per heavy atom. The zero-order chi connectivity index (χ0) is 12.0. The monoisotopic (exact) mass is 225 g/mol. The molecule has 2 aliphatic rings.